The Kier molecular flexibility index (Phi) is 8.91. The zero-order valence-electron chi connectivity index (χ0n) is 25.4. The number of fused-ring (bicyclic) bond motifs is 2. The van der Waals surface area contributed by atoms with Crippen molar-refractivity contribution in [2.75, 3.05) is 17.7 Å². The molecule has 6 N–H and O–H groups in total. The highest BCUT2D eigenvalue weighted by Crippen LogP contribution is 2.34. The molecule has 2 heterocycles. The minimum Gasteiger partial charge on any atom is -0.480 e. The highest BCUT2D eigenvalue weighted by molar-refractivity contribution is 6.09. The second kappa shape index (κ2) is 13.0. The summed E-state index contributed by atoms with van der Waals surface area (Å²) in [7, 11) is 1.36. The van der Waals surface area contributed by atoms with Crippen LogP contribution in [0.3, 0.4) is 0 Å². The predicted octanol–water partition coefficient (Wildman–Crippen LogP) is 4.75. The number of benzene rings is 3. The van der Waals surface area contributed by atoms with Gasteiger partial charge in [-0.15, -0.1) is 0 Å². The number of anilines is 3. The number of aromatic nitrogens is 2. The van der Waals surface area contributed by atoms with Crippen LogP contribution in [0, 0.1) is 6.92 Å². The van der Waals surface area contributed by atoms with Gasteiger partial charge in [-0.05, 0) is 68.3 Å². The average molecular weight is 607 g/mol. The van der Waals surface area contributed by atoms with E-state index in [0.29, 0.717) is 29.1 Å². The van der Waals surface area contributed by atoms with Crippen LogP contribution >= 0.6 is 0 Å². The molecule has 0 saturated carbocycles. The largest absolute Gasteiger partial charge is 0.480 e. The summed E-state index contributed by atoms with van der Waals surface area (Å²) >= 11 is 0. The van der Waals surface area contributed by atoms with E-state index >= 15 is 0 Å². The summed E-state index contributed by atoms with van der Waals surface area (Å²) in [6, 6.07) is 19.5. The third-order valence-corrected chi connectivity index (χ3v) is 7.39. The standard InChI is InChI=1S/C34H34N6O5/c1-5-27-25(16-26(31(35)42)34(40-27)45-4)33(44)36-19(3)32(43)38-22-14-20(17-41)13-21(15-22)37-30-23-8-6-7-9-28(23)39-29-11-10-18(2)12-24(29)30/h6-16,19,41H,5,17H2,1-4H3,(H2,35,42)(H,36,44)(H,37,39)(H,38,43). The van der Waals surface area contributed by atoms with E-state index in [1.165, 1.54) is 20.1 Å². The van der Waals surface area contributed by atoms with Crippen molar-refractivity contribution < 1.29 is 24.2 Å². The summed E-state index contributed by atoms with van der Waals surface area (Å²) in [5.74, 6) is -1.85. The number of nitrogens with zero attached hydrogens (tertiary/aromatic N) is 2. The molecular formula is C34H34N6O5. The fourth-order valence-corrected chi connectivity index (χ4v) is 5.13. The Bertz CT molecular complexity index is 1960. The number of aryl methyl sites for hydroxylation is 2. The number of para-hydroxylation sites is 1. The Hall–Kier alpha value is -5.55. The molecule has 1 atom stereocenters. The summed E-state index contributed by atoms with van der Waals surface area (Å²) in [6.07, 6.45) is 0.379. The maximum atomic E-state index is 13.2. The van der Waals surface area contributed by atoms with Crippen LogP contribution in [-0.2, 0) is 17.8 Å². The van der Waals surface area contributed by atoms with Crippen molar-refractivity contribution in [3.8, 4) is 5.88 Å². The van der Waals surface area contributed by atoms with Crippen LogP contribution in [0.15, 0.2) is 66.7 Å². The number of amides is 3. The second-order valence-electron chi connectivity index (χ2n) is 10.7. The molecule has 3 aromatic carbocycles. The number of nitrogens with two attached hydrogens (primary N) is 1. The SMILES string of the molecule is CCc1nc(OC)c(C(N)=O)cc1C(=O)NC(C)C(=O)Nc1cc(CO)cc(Nc2c3ccccc3nc3ccc(C)cc23)c1. The van der Waals surface area contributed by atoms with E-state index in [-0.39, 0.29) is 23.6 Å². The van der Waals surface area contributed by atoms with Crippen LogP contribution in [0.5, 0.6) is 5.88 Å². The van der Waals surface area contributed by atoms with Crippen LogP contribution in [0.25, 0.3) is 21.8 Å². The molecule has 5 rings (SSSR count). The number of carbonyl (C=O) groups excluding carboxylic acids is 3. The van der Waals surface area contributed by atoms with Gasteiger partial charge in [0.25, 0.3) is 11.8 Å². The average Bonchev–Trinajstić information content (AvgIpc) is 3.03. The Morgan fingerprint density at radius 1 is 0.933 bits per heavy atom. The topological polar surface area (TPSA) is 169 Å². The smallest absolute Gasteiger partial charge is 0.254 e. The lowest BCUT2D eigenvalue weighted by molar-refractivity contribution is -0.117. The van der Waals surface area contributed by atoms with E-state index in [1.54, 1.807) is 25.1 Å². The zero-order chi connectivity index (χ0) is 32.2. The summed E-state index contributed by atoms with van der Waals surface area (Å²) < 4.78 is 5.15. The van der Waals surface area contributed by atoms with Crippen LogP contribution in [0.2, 0.25) is 0 Å². The van der Waals surface area contributed by atoms with Gasteiger partial charge in [0.1, 0.15) is 11.6 Å². The predicted molar refractivity (Wildman–Crippen MR) is 174 cm³/mol. The number of methoxy groups -OCH3 is 1. The highest BCUT2D eigenvalue weighted by atomic mass is 16.5. The van der Waals surface area contributed by atoms with Gasteiger partial charge >= 0.3 is 0 Å². The van der Waals surface area contributed by atoms with Gasteiger partial charge in [0.2, 0.25) is 11.8 Å². The summed E-state index contributed by atoms with van der Waals surface area (Å²) in [4.78, 5) is 47.4. The molecule has 45 heavy (non-hydrogen) atoms. The van der Waals surface area contributed by atoms with Crippen molar-refractivity contribution in [3.05, 3.63) is 94.7 Å². The molecule has 0 bridgehead atoms. The van der Waals surface area contributed by atoms with Gasteiger partial charge < -0.3 is 31.5 Å². The number of primary amides is 1. The maximum Gasteiger partial charge on any atom is 0.254 e. The quantitative estimate of drug-likeness (QED) is 0.142. The van der Waals surface area contributed by atoms with Crippen molar-refractivity contribution in [3.63, 3.8) is 0 Å². The molecule has 11 heteroatoms. The molecule has 5 aromatic rings. The fourth-order valence-electron chi connectivity index (χ4n) is 5.13. The highest BCUT2D eigenvalue weighted by Gasteiger charge is 2.23. The van der Waals surface area contributed by atoms with Gasteiger partial charge in [-0.1, -0.05) is 36.8 Å². The molecule has 0 saturated heterocycles. The van der Waals surface area contributed by atoms with E-state index in [1.807, 2.05) is 43.3 Å². The number of aliphatic hydroxyl groups is 1. The molecule has 0 fully saturated rings. The lowest BCUT2D eigenvalue weighted by atomic mass is 10.0. The van der Waals surface area contributed by atoms with E-state index in [2.05, 4.69) is 27.0 Å². The van der Waals surface area contributed by atoms with Crippen LogP contribution < -0.4 is 26.4 Å². The first kappa shape index (κ1) is 30.9. The van der Waals surface area contributed by atoms with Crippen molar-refractivity contribution in [1.29, 1.82) is 0 Å². The molecule has 0 spiro atoms. The minimum atomic E-state index is -0.966. The first-order chi connectivity index (χ1) is 21.6. The molecule has 230 valence electrons. The number of nitrogens with one attached hydrogen (secondary N) is 3. The lowest BCUT2D eigenvalue weighted by Crippen LogP contribution is -2.42. The molecule has 0 radical (unpaired) electrons. The van der Waals surface area contributed by atoms with Gasteiger partial charge in [-0.3, -0.25) is 14.4 Å². The fraction of sp³-hybridized carbons (Fsp3) is 0.206. The molecule has 3 amide bonds. The maximum absolute atomic E-state index is 13.2. The van der Waals surface area contributed by atoms with Crippen molar-refractivity contribution in [1.82, 2.24) is 15.3 Å². The molecule has 11 nitrogen and oxygen atoms in total. The van der Waals surface area contributed by atoms with E-state index in [0.717, 1.165) is 33.1 Å². The Labute approximate surface area is 259 Å². The van der Waals surface area contributed by atoms with E-state index in [4.69, 9.17) is 15.5 Å². The third kappa shape index (κ3) is 6.53. The Morgan fingerprint density at radius 2 is 1.67 bits per heavy atom. The number of aliphatic hydroxyl groups excluding tert-OH is 1. The summed E-state index contributed by atoms with van der Waals surface area (Å²) in [5, 5.41) is 20.9. The molecular weight excluding hydrogens is 572 g/mol. The molecule has 0 aliphatic heterocycles. The number of carbonyl (C=O) groups is 3. The molecule has 1 unspecified atom stereocenters. The summed E-state index contributed by atoms with van der Waals surface area (Å²) in [6.45, 7) is 5.10. The Balaban J connectivity index is 1.40. The van der Waals surface area contributed by atoms with Crippen molar-refractivity contribution >= 4 is 56.6 Å². The van der Waals surface area contributed by atoms with Crippen molar-refractivity contribution in [2.45, 2.75) is 39.8 Å². The second-order valence-corrected chi connectivity index (χ2v) is 10.7. The number of pyridine rings is 2. The zero-order valence-corrected chi connectivity index (χ0v) is 25.4. The Morgan fingerprint density at radius 3 is 2.38 bits per heavy atom. The van der Waals surface area contributed by atoms with Crippen LogP contribution in [0.4, 0.5) is 17.1 Å². The molecule has 2 aromatic heterocycles. The van der Waals surface area contributed by atoms with E-state index in [9.17, 15) is 19.5 Å². The number of ether oxygens (including phenoxy) is 1. The monoisotopic (exact) mass is 606 g/mol. The molecule has 0 aliphatic rings. The van der Waals surface area contributed by atoms with Gasteiger partial charge in [0, 0.05) is 22.1 Å². The number of hydrogen-bond donors (Lipinski definition) is 5. The molecule has 0 aliphatic carbocycles. The number of rotatable bonds is 10. The number of hydrogen-bond acceptors (Lipinski definition) is 8. The van der Waals surface area contributed by atoms with Gasteiger partial charge in [-0.25, -0.2) is 9.97 Å². The van der Waals surface area contributed by atoms with E-state index < -0.39 is 23.8 Å². The minimum absolute atomic E-state index is 0.0257. The summed E-state index contributed by atoms with van der Waals surface area (Å²) in [5.41, 5.74) is 11.1. The first-order valence-corrected chi connectivity index (χ1v) is 14.4. The van der Waals surface area contributed by atoms with Gasteiger partial charge in [-0.2, -0.15) is 0 Å². The van der Waals surface area contributed by atoms with Gasteiger partial charge in [0.05, 0.1) is 41.7 Å². The van der Waals surface area contributed by atoms with Crippen LogP contribution in [-0.4, -0.2) is 45.9 Å². The van der Waals surface area contributed by atoms with Gasteiger partial charge in [0.15, 0.2) is 0 Å². The third-order valence-electron chi connectivity index (χ3n) is 7.39. The first-order valence-electron chi connectivity index (χ1n) is 14.4. The van der Waals surface area contributed by atoms with Crippen LogP contribution in [0.1, 0.15) is 51.4 Å². The lowest BCUT2D eigenvalue weighted by Gasteiger charge is -2.18. The normalized spacial score (nSPS) is 11.7. The van der Waals surface area contributed by atoms with Crippen molar-refractivity contribution in [2.24, 2.45) is 5.73 Å².